The van der Waals surface area contributed by atoms with Gasteiger partial charge < -0.3 is 10.0 Å². The molecule has 1 aromatic rings. The van der Waals surface area contributed by atoms with Crippen LogP contribution in [0.3, 0.4) is 0 Å². The summed E-state index contributed by atoms with van der Waals surface area (Å²) in [7, 11) is 0. The summed E-state index contributed by atoms with van der Waals surface area (Å²) in [6, 6.07) is 5.79. The fraction of sp³-hybridized carbons (Fsp3) is 0.571. The zero-order valence-electron chi connectivity index (χ0n) is 10.5. The molecule has 0 saturated carbocycles. The Kier molecular flexibility index (Phi) is 3.95. The van der Waals surface area contributed by atoms with Crippen LogP contribution in [0.1, 0.15) is 25.8 Å². The zero-order valence-corrected chi connectivity index (χ0v) is 11.2. The first-order valence-corrected chi connectivity index (χ1v) is 6.64. The lowest BCUT2D eigenvalue weighted by molar-refractivity contribution is 0.282. The molecular formula is C14H20ClNO. The summed E-state index contributed by atoms with van der Waals surface area (Å²) >= 11 is 5.95. The number of nitrogens with zero attached hydrogens (tertiary/aromatic N) is 1. The summed E-state index contributed by atoms with van der Waals surface area (Å²) in [5.74, 6) is 1.49. The second-order valence-electron chi connectivity index (χ2n) is 5.17. The molecule has 2 rings (SSSR count). The van der Waals surface area contributed by atoms with Gasteiger partial charge in [0.1, 0.15) is 0 Å². The number of hydrogen-bond acceptors (Lipinski definition) is 2. The number of halogens is 1. The highest BCUT2D eigenvalue weighted by Gasteiger charge is 2.26. The lowest BCUT2D eigenvalue weighted by Crippen LogP contribution is -2.22. The minimum atomic E-state index is 0.0543. The van der Waals surface area contributed by atoms with E-state index >= 15 is 0 Å². The molecule has 1 aliphatic rings. The molecule has 1 atom stereocenters. The minimum absolute atomic E-state index is 0.0543. The third kappa shape index (κ3) is 2.75. The monoisotopic (exact) mass is 253 g/mol. The summed E-state index contributed by atoms with van der Waals surface area (Å²) in [6.07, 6.45) is 1.24. The van der Waals surface area contributed by atoms with Crippen molar-refractivity contribution in [2.24, 2.45) is 11.8 Å². The first kappa shape index (κ1) is 12.7. The predicted octanol–water partition coefficient (Wildman–Crippen LogP) is 3.31. The number of aliphatic hydroxyl groups excluding tert-OH is 1. The van der Waals surface area contributed by atoms with Crippen molar-refractivity contribution in [3.63, 3.8) is 0 Å². The second kappa shape index (κ2) is 5.28. The van der Waals surface area contributed by atoms with Crippen LogP contribution in [-0.4, -0.2) is 18.2 Å². The molecule has 0 aliphatic carbocycles. The Morgan fingerprint density at radius 2 is 2.24 bits per heavy atom. The average molecular weight is 254 g/mol. The lowest BCUT2D eigenvalue weighted by Gasteiger charge is -2.22. The molecule has 3 heteroatoms. The molecule has 0 amide bonds. The Labute approximate surface area is 108 Å². The van der Waals surface area contributed by atoms with Gasteiger partial charge in [-0.2, -0.15) is 0 Å². The molecule has 0 bridgehead atoms. The van der Waals surface area contributed by atoms with Gasteiger partial charge in [-0.3, -0.25) is 0 Å². The van der Waals surface area contributed by atoms with Gasteiger partial charge in [0.2, 0.25) is 0 Å². The smallest absolute Gasteiger partial charge is 0.0702 e. The van der Waals surface area contributed by atoms with E-state index < -0.39 is 0 Å². The van der Waals surface area contributed by atoms with Gasteiger partial charge in [0.05, 0.1) is 6.61 Å². The quantitative estimate of drug-likeness (QED) is 0.893. The first-order chi connectivity index (χ1) is 8.11. The highest BCUT2D eigenvalue weighted by Crippen LogP contribution is 2.31. The SMILES string of the molecule is CC(C)C1CCN(c2ccc(Cl)cc2CO)C1. The van der Waals surface area contributed by atoms with Crippen LogP contribution in [-0.2, 0) is 6.61 Å². The Balaban J connectivity index is 2.18. The van der Waals surface area contributed by atoms with Gasteiger partial charge in [0.15, 0.2) is 0 Å². The molecule has 0 radical (unpaired) electrons. The Morgan fingerprint density at radius 1 is 1.47 bits per heavy atom. The number of aliphatic hydroxyl groups is 1. The number of anilines is 1. The molecule has 2 nitrogen and oxygen atoms in total. The summed E-state index contributed by atoms with van der Waals surface area (Å²) in [4.78, 5) is 2.37. The Bertz CT molecular complexity index is 392. The van der Waals surface area contributed by atoms with Crippen molar-refractivity contribution >= 4 is 17.3 Å². The van der Waals surface area contributed by atoms with Crippen LogP contribution in [0.5, 0.6) is 0 Å². The van der Waals surface area contributed by atoms with E-state index in [4.69, 9.17) is 11.6 Å². The van der Waals surface area contributed by atoms with Crippen LogP contribution < -0.4 is 4.90 Å². The van der Waals surface area contributed by atoms with Gasteiger partial charge in [-0.1, -0.05) is 25.4 Å². The number of hydrogen-bond donors (Lipinski definition) is 1. The van der Waals surface area contributed by atoms with Crippen molar-refractivity contribution in [3.8, 4) is 0 Å². The summed E-state index contributed by atoms with van der Waals surface area (Å²) in [5, 5.41) is 10.1. The van der Waals surface area contributed by atoms with Crippen molar-refractivity contribution in [1.82, 2.24) is 0 Å². The van der Waals surface area contributed by atoms with E-state index in [-0.39, 0.29) is 6.61 Å². The maximum atomic E-state index is 9.39. The molecule has 0 aromatic heterocycles. The Hall–Kier alpha value is -0.730. The second-order valence-corrected chi connectivity index (χ2v) is 5.61. The topological polar surface area (TPSA) is 23.5 Å². The molecule has 0 spiro atoms. The van der Waals surface area contributed by atoms with Crippen molar-refractivity contribution in [1.29, 1.82) is 0 Å². The lowest BCUT2D eigenvalue weighted by atomic mass is 9.95. The van der Waals surface area contributed by atoms with Crippen molar-refractivity contribution in [3.05, 3.63) is 28.8 Å². The van der Waals surface area contributed by atoms with Crippen LogP contribution in [0.4, 0.5) is 5.69 Å². The van der Waals surface area contributed by atoms with E-state index in [1.165, 1.54) is 6.42 Å². The maximum Gasteiger partial charge on any atom is 0.0702 e. The standard InChI is InChI=1S/C14H20ClNO/c1-10(2)11-5-6-16(8-11)14-4-3-13(15)7-12(14)9-17/h3-4,7,10-11,17H,5-6,8-9H2,1-2H3. The summed E-state index contributed by atoms with van der Waals surface area (Å²) < 4.78 is 0. The van der Waals surface area contributed by atoms with Gasteiger partial charge in [-0.15, -0.1) is 0 Å². The molecule has 17 heavy (non-hydrogen) atoms. The molecule has 94 valence electrons. The van der Waals surface area contributed by atoms with E-state index in [1.807, 2.05) is 18.2 Å². The molecule has 1 heterocycles. The van der Waals surface area contributed by atoms with Crippen LogP contribution in [0.15, 0.2) is 18.2 Å². The molecule has 1 aliphatic heterocycles. The molecule has 1 saturated heterocycles. The number of rotatable bonds is 3. The van der Waals surface area contributed by atoms with Crippen molar-refractivity contribution < 1.29 is 5.11 Å². The largest absolute Gasteiger partial charge is 0.392 e. The van der Waals surface area contributed by atoms with E-state index in [1.54, 1.807) is 0 Å². The van der Waals surface area contributed by atoms with Crippen LogP contribution in [0.25, 0.3) is 0 Å². The van der Waals surface area contributed by atoms with E-state index in [9.17, 15) is 5.11 Å². The molecule has 1 N–H and O–H groups in total. The minimum Gasteiger partial charge on any atom is -0.392 e. The maximum absolute atomic E-state index is 9.39. The highest BCUT2D eigenvalue weighted by molar-refractivity contribution is 6.30. The number of benzene rings is 1. The van der Waals surface area contributed by atoms with E-state index in [2.05, 4.69) is 18.7 Å². The third-order valence-corrected chi connectivity index (χ3v) is 3.96. The molecule has 1 unspecified atom stereocenters. The molecular weight excluding hydrogens is 234 g/mol. The van der Waals surface area contributed by atoms with E-state index in [0.717, 1.165) is 36.2 Å². The van der Waals surface area contributed by atoms with Crippen molar-refractivity contribution in [2.75, 3.05) is 18.0 Å². The summed E-state index contributed by atoms with van der Waals surface area (Å²) in [5.41, 5.74) is 2.07. The van der Waals surface area contributed by atoms with Gasteiger partial charge in [-0.05, 0) is 36.5 Å². The van der Waals surface area contributed by atoms with Gasteiger partial charge in [0.25, 0.3) is 0 Å². The van der Waals surface area contributed by atoms with Crippen LogP contribution in [0, 0.1) is 11.8 Å². The van der Waals surface area contributed by atoms with Gasteiger partial charge in [0, 0.05) is 29.4 Å². The molecule has 1 aromatic carbocycles. The van der Waals surface area contributed by atoms with Gasteiger partial charge in [-0.25, -0.2) is 0 Å². The fourth-order valence-electron chi connectivity index (χ4n) is 2.54. The fourth-order valence-corrected chi connectivity index (χ4v) is 2.73. The zero-order chi connectivity index (χ0) is 12.4. The van der Waals surface area contributed by atoms with Crippen molar-refractivity contribution in [2.45, 2.75) is 26.9 Å². The first-order valence-electron chi connectivity index (χ1n) is 6.26. The van der Waals surface area contributed by atoms with Crippen LogP contribution in [0.2, 0.25) is 5.02 Å². The predicted molar refractivity (Wildman–Crippen MR) is 72.5 cm³/mol. The van der Waals surface area contributed by atoms with E-state index in [0.29, 0.717) is 5.02 Å². The van der Waals surface area contributed by atoms with Gasteiger partial charge >= 0.3 is 0 Å². The third-order valence-electron chi connectivity index (χ3n) is 3.72. The normalized spacial score (nSPS) is 20.3. The molecule has 1 fully saturated rings. The Morgan fingerprint density at radius 3 is 2.82 bits per heavy atom. The summed E-state index contributed by atoms with van der Waals surface area (Å²) in [6.45, 7) is 6.79. The average Bonchev–Trinajstić information content (AvgIpc) is 2.78. The van der Waals surface area contributed by atoms with Crippen LogP contribution >= 0.6 is 11.6 Å². The highest BCUT2D eigenvalue weighted by atomic mass is 35.5.